The van der Waals surface area contributed by atoms with Crippen molar-refractivity contribution in [3.63, 3.8) is 0 Å². The van der Waals surface area contributed by atoms with Gasteiger partial charge in [0.1, 0.15) is 0 Å². The fraction of sp³-hybridized carbons (Fsp3) is 0.111. The molecule has 134 valence electrons. The molecule has 0 aliphatic rings. The van der Waals surface area contributed by atoms with Crippen molar-refractivity contribution < 1.29 is 18.0 Å². The lowest BCUT2D eigenvalue weighted by atomic mass is 10.1. The Morgan fingerprint density at radius 3 is 2.54 bits per heavy atom. The standard InChI is InChI=1S/C18H17N3O4S/c1-3-10-20-26(24,25)14-7-4-6-13(11-14)18(23)21-16-9-5-8-15(12(16)2)17(19)22/h1,4-9,11,20H,10H2,2H3,(H2,19,22)(H,21,23). The summed E-state index contributed by atoms with van der Waals surface area (Å²) in [6.45, 7) is 1.50. The molecule has 0 unspecified atom stereocenters. The van der Waals surface area contributed by atoms with Crippen LogP contribution in [0, 0.1) is 19.3 Å². The molecule has 26 heavy (non-hydrogen) atoms. The number of amides is 2. The molecule has 0 aliphatic heterocycles. The number of nitrogens with two attached hydrogens (primary N) is 1. The van der Waals surface area contributed by atoms with Gasteiger partial charge in [0.15, 0.2) is 0 Å². The Morgan fingerprint density at radius 2 is 1.88 bits per heavy atom. The third-order valence-corrected chi connectivity index (χ3v) is 5.02. The van der Waals surface area contributed by atoms with E-state index in [2.05, 4.69) is 16.0 Å². The van der Waals surface area contributed by atoms with Crippen LogP contribution in [0.3, 0.4) is 0 Å². The van der Waals surface area contributed by atoms with E-state index in [0.717, 1.165) is 0 Å². The maximum Gasteiger partial charge on any atom is 0.255 e. The molecule has 2 rings (SSSR count). The summed E-state index contributed by atoms with van der Waals surface area (Å²) in [7, 11) is -3.81. The first kappa shape index (κ1) is 19.2. The first-order valence-corrected chi connectivity index (χ1v) is 8.98. The van der Waals surface area contributed by atoms with E-state index in [-0.39, 0.29) is 22.6 Å². The Balaban J connectivity index is 2.30. The van der Waals surface area contributed by atoms with Gasteiger partial charge in [-0.05, 0) is 42.8 Å². The van der Waals surface area contributed by atoms with Crippen molar-refractivity contribution in [3.8, 4) is 12.3 Å². The first-order valence-electron chi connectivity index (χ1n) is 7.50. The second-order valence-corrected chi connectivity index (χ2v) is 7.12. The number of anilines is 1. The number of hydrogen-bond donors (Lipinski definition) is 3. The van der Waals surface area contributed by atoms with Crippen LogP contribution in [0.1, 0.15) is 26.3 Å². The zero-order chi connectivity index (χ0) is 19.3. The Morgan fingerprint density at radius 1 is 1.19 bits per heavy atom. The molecule has 4 N–H and O–H groups in total. The number of carbonyl (C=O) groups excluding carboxylic acids is 2. The monoisotopic (exact) mass is 371 g/mol. The van der Waals surface area contributed by atoms with Gasteiger partial charge in [-0.2, -0.15) is 4.72 Å². The highest BCUT2D eigenvalue weighted by molar-refractivity contribution is 7.89. The molecule has 0 aromatic heterocycles. The summed E-state index contributed by atoms with van der Waals surface area (Å²) in [5, 5.41) is 2.65. The summed E-state index contributed by atoms with van der Waals surface area (Å²) < 4.78 is 26.4. The van der Waals surface area contributed by atoms with E-state index in [1.54, 1.807) is 25.1 Å². The highest BCUT2D eigenvalue weighted by Crippen LogP contribution is 2.20. The normalized spacial score (nSPS) is 10.8. The Hall–Kier alpha value is -3.15. The summed E-state index contributed by atoms with van der Waals surface area (Å²) in [5.74, 6) is 1.05. The molecule has 0 saturated carbocycles. The van der Waals surface area contributed by atoms with Crippen molar-refractivity contribution in [2.75, 3.05) is 11.9 Å². The fourth-order valence-electron chi connectivity index (χ4n) is 2.26. The van der Waals surface area contributed by atoms with Gasteiger partial charge in [-0.15, -0.1) is 6.42 Å². The summed E-state index contributed by atoms with van der Waals surface area (Å²) in [6.07, 6.45) is 5.05. The first-order chi connectivity index (χ1) is 12.3. The molecule has 8 heteroatoms. The molecule has 2 amide bonds. The third kappa shape index (κ3) is 4.27. The average molecular weight is 371 g/mol. The molecule has 0 radical (unpaired) electrons. The molecule has 0 spiro atoms. The fourth-order valence-corrected chi connectivity index (χ4v) is 3.24. The number of sulfonamides is 1. The number of nitrogens with one attached hydrogen (secondary N) is 2. The third-order valence-electron chi connectivity index (χ3n) is 3.62. The van der Waals surface area contributed by atoms with Crippen molar-refractivity contribution in [3.05, 3.63) is 59.2 Å². The highest BCUT2D eigenvalue weighted by atomic mass is 32.2. The summed E-state index contributed by atoms with van der Waals surface area (Å²) in [5.41, 5.74) is 6.65. The van der Waals surface area contributed by atoms with Gasteiger partial charge in [0.2, 0.25) is 15.9 Å². The SMILES string of the molecule is C#CCNS(=O)(=O)c1cccc(C(=O)Nc2cccc(C(N)=O)c2C)c1. The van der Waals surface area contributed by atoms with Crippen molar-refractivity contribution in [1.29, 1.82) is 0 Å². The van der Waals surface area contributed by atoms with Gasteiger partial charge in [0, 0.05) is 16.8 Å². The predicted octanol–water partition coefficient (Wildman–Crippen LogP) is 1.26. The lowest BCUT2D eigenvalue weighted by Gasteiger charge is -2.11. The molecule has 0 bridgehead atoms. The lowest BCUT2D eigenvalue weighted by Crippen LogP contribution is -2.24. The average Bonchev–Trinajstić information content (AvgIpc) is 2.61. The summed E-state index contributed by atoms with van der Waals surface area (Å²) in [6, 6.07) is 10.3. The van der Waals surface area contributed by atoms with Crippen LogP contribution in [0.15, 0.2) is 47.4 Å². The highest BCUT2D eigenvalue weighted by Gasteiger charge is 2.17. The number of rotatable bonds is 6. The van der Waals surface area contributed by atoms with Crippen LogP contribution in [0.25, 0.3) is 0 Å². The van der Waals surface area contributed by atoms with Crippen LogP contribution in [-0.4, -0.2) is 26.8 Å². The molecule has 0 heterocycles. The van der Waals surface area contributed by atoms with Crippen molar-refractivity contribution in [2.24, 2.45) is 5.73 Å². The smallest absolute Gasteiger partial charge is 0.255 e. The largest absolute Gasteiger partial charge is 0.366 e. The minimum absolute atomic E-state index is 0.0805. The Kier molecular flexibility index (Phi) is 5.77. The van der Waals surface area contributed by atoms with Crippen LogP contribution in [-0.2, 0) is 10.0 Å². The second-order valence-electron chi connectivity index (χ2n) is 5.35. The molecule has 2 aromatic carbocycles. The zero-order valence-electron chi connectivity index (χ0n) is 13.9. The molecular weight excluding hydrogens is 354 g/mol. The van der Waals surface area contributed by atoms with E-state index < -0.39 is 21.8 Å². The van der Waals surface area contributed by atoms with Gasteiger partial charge in [-0.1, -0.05) is 18.1 Å². The van der Waals surface area contributed by atoms with Crippen LogP contribution in [0.5, 0.6) is 0 Å². The Labute approximate surface area is 151 Å². The van der Waals surface area contributed by atoms with E-state index in [9.17, 15) is 18.0 Å². The molecule has 0 atom stereocenters. The van der Waals surface area contributed by atoms with Crippen LogP contribution < -0.4 is 15.8 Å². The van der Waals surface area contributed by atoms with Gasteiger partial charge >= 0.3 is 0 Å². The summed E-state index contributed by atoms with van der Waals surface area (Å²) in [4.78, 5) is 23.8. The summed E-state index contributed by atoms with van der Waals surface area (Å²) >= 11 is 0. The molecule has 2 aromatic rings. The van der Waals surface area contributed by atoms with Gasteiger partial charge < -0.3 is 11.1 Å². The molecule has 7 nitrogen and oxygen atoms in total. The number of hydrogen-bond acceptors (Lipinski definition) is 4. The lowest BCUT2D eigenvalue weighted by molar-refractivity contribution is 0.0995. The topological polar surface area (TPSA) is 118 Å². The van der Waals surface area contributed by atoms with Crippen LogP contribution >= 0.6 is 0 Å². The minimum atomic E-state index is -3.81. The number of terminal acetylenes is 1. The number of primary amides is 1. The number of carbonyl (C=O) groups is 2. The van der Waals surface area contributed by atoms with Gasteiger partial charge in [-0.25, -0.2) is 8.42 Å². The minimum Gasteiger partial charge on any atom is -0.366 e. The van der Waals surface area contributed by atoms with E-state index >= 15 is 0 Å². The quantitative estimate of drug-likeness (QED) is 0.662. The second kappa shape index (κ2) is 7.82. The predicted molar refractivity (Wildman–Crippen MR) is 98.1 cm³/mol. The maximum atomic E-state index is 12.5. The molecular formula is C18H17N3O4S. The van der Waals surface area contributed by atoms with Gasteiger partial charge in [0.25, 0.3) is 5.91 Å². The Bertz CT molecular complexity index is 1010. The van der Waals surface area contributed by atoms with Gasteiger partial charge in [-0.3, -0.25) is 9.59 Å². The maximum absolute atomic E-state index is 12.5. The molecule has 0 aliphatic carbocycles. The number of benzene rings is 2. The van der Waals surface area contributed by atoms with Crippen LogP contribution in [0.2, 0.25) is 0 Å². The van der Waals surface area contributed by atoms with E-state index in [0.29, 0.717) is 11.3 Å². The molecule has 0 fully saturated rings. The van der Waals surface area contributed by atoms with Crippen molar-refractivity contribution in [1.82, 2.24) is 4.72 Å². The van der Waals surface area contributed by atoms with Gasteiger partial charge in [0.05, 0.1) is 11.4 Å². The van der Waals surface area contributed by atoms with E-state index in [1.807, 2.05) is 0 Å². The van der Waals surface area contributed by atoms with Crippen molar-refractivity contribution in [2.45, 2.75) is 11.8 Å². The van der Waals surface area contributed by atoms with E-state index in [4.69, 9.17) is 12.2 Å². The van der Waals surface area contributed by atoms with Crippen LogP contribution in [0.4, 0.5) is 5.69 Å². The zero-order valence-corrected chi connectivity index (χ0v) is 14.8. The van der Waals surface area contributed by atoms with E-state index in [1.165, 1.54) is 24.3 Å². The molecule has 0 saturated heterocycles. The van der Waals surface area contributed by atoms with Crippen molar-refractivity contribution >= 4 is 27.5 Å².